The van der Waals surface area contributed by atoms with E-state index in [1.165, 1.54) is 0 Å². The van der Waals surface area contributed by atoms with Gasteiger partial charge in [-0.05, 0) is 113 Å². The number of nitrogens with zero attached hydrogens (tertiary/aromatic N) is 4. The van der Waals surface area contributed by atoms with E-state index in [2.05, 4.69) is 16.6 Å². The molecule has 8 nitrogen and oxygen atoms in total. The van der Waals surface area contributed by atoms with Crippen LogP contribution in [0.5, 0.6) is 0 Å². The van der Waals surface area contributed by atoms with Gasteiger partial charge in [-0.15, -0.1) is 0 Å². The summed E-state index contributed by atoms with van der Waals surface area (Å²) < 4.78 is 11.1. The maximum absolute atomic E-state index is 14.0. The number of oxazole rings is 1. The molecule has 0 spiro atoms. The molecule has 3 aliphatic rings. The first-order valence-corrected chi connectivity index (χ1v) is 15.2. The number of hydrogen-bond acceptors (Lipinski definition) is 7. The van der Waals surface area contributed by atoms with E-state index in [4.69, 9.17) is 14.1 Å². The summed E-state index contributed by atoms with van der Waals surface area (Å²) in [6, 6.07) is 3.91. The summed E-state index contributed by atoms with van der Waals surface area (Å²) in [5.41, 5.74) is 3.75. The number of carbonyl (C=O) groups excluding carboxylic acids is 1. The van der Waals surface area contributed by atoms with Crippen molar-refractivity contribution in [2.24, 2.45) is 22.7 Å². The van der Waals surface area contributed by atoms with E-state index in [1.807, 2.05) is 37.1 Å². The molecule has 2 aromatic heterocycles. The van der Waals surface area contributed by atoms with Gasteiger partial charge in [-0.3, -0.25) is 9.69 Å². The molecule has 3 aliphatic carbocycles. The van der Waals surface area contributed by atoms with E-state index >= 15 is 0 Å². The Balaban J connectivity index is 1.29. The Labute approximate surface area is 243 Å². The molecule has 0 saturated heterocycles. The van der Waals surface area contributed by atoms with Crippen LogP contribution < -0.4 is 4.90 Å². The number of hydrogen-bond donors (Lipinski definition) is 1. The third kappa shape index (κ3) is 7.34. The highest BCUT2D eigenvalue weighted by Crippen LogP contribution is 2.40. The molecule has 3 fully saturated rings. The average molecular weight is 561 g/mol. The third-order valence-electron chi connectivity index (χ3n) is 8.86. The van der Waals surface area contributed by atoms with Crippen molar-refractivity contribution in [3.8, 4) is 11.3 Å². The van der Waals surface area contributed by atoms with Crippen LogP contribution in [0.4, 0.5) is 5.82 Å². The quantitative estimate of drug-likeness (QED) is 0.252. The number of aliphatic hydroxyl groups excluding tert-OH is 1. The van der Waals surface area contributed by atoms with Gasteiger partial charge in [0.05, 0.1) is 13.2 Å². The molecule has 5 rings (SSSR count). The Hall–Kier alpha value is -3.26. The van der Waals surface area contributed by atoms with Gasteiger partial charge in [-0.1, -0.05) is 6.58 Å². The fraction of sp³-hybridized carbons (Fsp3) is 0.576. The van der Waals surface area contributed by atoms with Gasteiger partial charge in [0.2, 0.25) is 11.8 Å². The van der Waals surface area contributed by atoms with E-state index in [-0.39, 0.29) is 17.9 Å². The van der Waals surface area contributed by atoms with Gasteiger partial charge in [0, 0.05) is 36.4 Å². The SMILES string of the molecule is C=C(/C=N\C(OC)=C(C)C)[C@H]1CC[C@H](CN(c2cc(-c3coc(C4CC4)n3)ccn2)C(=O)[C@H]2CC[C@H](O)CC2)CC1. The zero-order valence-corrected chi connectivity index (χ0v) is 24.7. The van der Waals surface area contributed by atoms with Crippen LogP contribution in [0.2, 0.25) is 0 Å². The number of methoxy groups -OCH3 is 1. The van der Waals surface area contributed by atoms with E-state index in [0.717, 1.165) is 66.8 Å². The highest BCUT2D eigenvalue weighted by atomic mass is 16.5. The normalized spacial score (nSPS) is 24.7. The van der Waals surface area contributed by atoms with E-state index in [9.17, 15) is 9.90 Å². The molecule has 2 aromatic rings. The molecular weight excluding hydrogens is 516 g/mol. The second-order valence-electron chi connectivity index (χ2n) is 12.3. The van der Waals surface area contributed by atoms with Gasteiger partial charge in [-0.2, -0.15) is 0 Å². The number of anilines is 1. The van der Waals surface area contributed by atoms with Crippen molar-refractivity contribution in [1.82, 2.24) is 9.97 Å². The Kier molecular flexibility index (Phi) is 9.38. The minimum Gasteiger partial charge on any atom is -0.481 e. The molecule has 0 unspecified atom stereocenters. The summed E-state index contributed by atoms with van der Waals surface area (Å²) in [7, 11) is 1.64. The van der Waals surface area contributed by atoms with Gasteiger partial charge < -0.3 is 14.3 Å². The van der Waals surface area contributed by atoms with Gasteiger partial charge in [-0.25, -0.2) is 15.0 Å². The first-order chi connectivity index (χ1) is 19.8. The second kappa shape index (κ2) is 13.1. The lowest BCUT2D eigenvalue weighted by molar-refractivity contribution is -0.124. The van der Waals surface area contributed by atoms with Crippen LogP contribution in [-0.2, 0) is 9.53 Å². The van der Waals surface area contributed by atoms with Gasteiger partial charge in [0.1, 0.15) is 17.8 Å². The largest absolute Gasteiger partial charge is 0.481 e. The highest BCUT2D eigenvalue weighted by molar-refractivity contribution is 5.94. The number of ether oxygens (including phenoxy) is 1. The zero-order chi connectivity index (χ0) is 28.9. The predicted octanol–water partition coefficient (Wildman–Crippen LogP) is 6.83. The molecule has 1 N–H and O–H groups in total. The smallest absolute Gasteiger partial charge is 0.231 e. The topological polar surface area (TPSA) is 101 Å². The standard InChI is InChI=1S/C33H44N4O4/c1-21(2)31(40-4)35-18-22(3)24-7-5-23(6-8-24)19-37(33(39)26-11-13-28(38)14-12-26)30-17-27(15-16-34-30)29-20-41-32(36-29)25-9-10-25/h15-18,20,23-26,28,38H,3,5-14,19H2,1-2,4H3/b35-18-/t23-,24-,26-,28-. The Morgan fingerprint density at radius 3 is 2.49 bits per heavy atom. The third-order valence-corrected chi connectivity index (χ3v) is 8.86. The molecule has 1 amide bonds. The van der Waals surface area contributed by atoms with Crippen LogP contribution in [-0.4, -0.2) is 47.0 Å². The summed E-state index contributed by atoms with van der Waals surface area (Å²) in [6.07, 6.45) is 14.1. The lowest BCUT2D eigenvalue weighted by atomic mass is 9.78. The molecule has 41 heavy (non-hydrogen) atoms. The average Bonchev–Trinajstić information content (AvgIpc) is 3.72. The first-order valence-electron chi connectivity index (χ1n) is 15.2. The van der Waals surface area contributed by atoms with Crippen LogP contribution in [0, 0.1) is 17.8 Å². The summed E-state index contributed by atoms with van der Waals surface area (Å²) in [5.74, 6) is 3.33. The van der Waals surface area contributed by atoms with Crippen molar-refractivity contribution in [3.05, 3.63) is 54.1 Å². The van der Waals surface area contributed by atoms with Crippen molar-refractivity contribution < 1.29 is 19.1 Å². The molecular formula is C33H44N4O4. The molecule has 0 radical (unpaired) electrons. The van der Waals surface area contributed by atoms with Crippen molar-refractivity contribution in [2.45, 2.75) is 90.1 Å². The Bertz CT molecular complexity index is 1270. The van der Waals surface area contributed by atoms with Crippen LogP contribution >= 0.6 is 0 Å². The van der Waals surface area contributed by atoms with E-state index in [1.54, 1.807) is 19.6 Å². The molecule has 0 aliphatic heterocycles. The fourth-order valence-corrected chi connectivity index (χ4v) is 6.11. The van der Waals surface area contributed by atoms with Crippen molar-refractivity contribution in [2.75, 3.05) is 18.6 Å². The molecule has 8 heteroatoms. The van der Waals surface area contributed by atoms with Crippen molar-refractivity contribution in [1.29, 1.82) is 0 Å². The Morgan fingerprint density at radius 2 is 1.83 bits per heavy atom. The summed E-state index contributed by atoms with van der Waals surface area (Å²) in [5, 5.41) is 10.0. The number of pyridine rings is 1. The monoisotopic (exact) mass is 560 g/mol. The summed E-state index contributed by atoms with van der Waals surface area (Å²) in [6.45, 7) is 8.89. The number of carbonyl (C=O) groups is 1. The number of amides is 1. The number of allylic oxidation sites excluding steroid dienone is 2. The van der Waals surface area contributed by atoms with Crippen LogP contribution in [0.15, 0.2) is 57.6 Å². The minimum atomic E-state index is -0.301. The van der Waals surface area contributed by atoms with Crippen LogP contribution in [0.1, 0.15) is 89.9 Å². The van der Waals surface area contributed by atoms with Gasteiger partial charge in [0.25, 0.3) is 0 Å². The predicted molar refractivity (Wildman–Crippen MR) is 160 cm³/mol. The van der Waals surface area contributed by atoms with E-state index in [0.29, 0.717) is 61.7 Å². The number of rotatable bonds is 10. The van der Waals surface area contributed by atoms with Gasteiger partial charge >= 0.3 is 0 Å². The minimum absolute atomic E-state index is 0.0882. The lowest BCUT2D eigenvalue weighted by Crippen LogP contribution is -2.42. The molecule has 0 bridgehead atoms. The van der Waals surface area contributed by atoms with Gasteiger partial charge in [0.15, 0.2) is 5.89 Å². The second-order valence-corrected chi connectivity index (χ2v) is 12.3. The summed E-state index contributed by atoms with van der Waals surface area (Å²) in [4.78, 5) is 29.7. The summed E-state index contributed by atoms with van der Waals surface area (Å²) >= 11 is 0. The maximum atomic E-state index is 14.0. The number of aromatic nitrogens is 2. The number of aliphatic imine (C=N–C) groups is 1. The van der Waals surface area contributed by atoms with Crippen LogP contribution in [0.3, 0.4) is 0 Å². The zero-order valence-electron chi connectivity index (χ0n) is 24.7. The lowest BCUT2D eigenvalue weighted by Gasteiger charge is -2.35. The fourth-order valence-electron chi connectivity index (χ4n) is 6.11. The van der Waals surface area contributed by atoms with E-state index < -0.39 is 0 Å². The first kappa shape index (κ1) is 29.2. The molecule has 3 saturated carbocycles. The van der Waals surface area contributed by atoms with Crippen LogP contribution in [0.25, 0.3) is 11.3 Å². The highest BCUT2D eigenvalue weighted by Gasteiger charge is 2.33. The molecule has 220 valence electrons. The van der Waals surface area contributed by atoms with Crippen molar-refractivity contribution in [3.63, 3.8) is 0 Å². The van der Waals surface area contributed by atoms with Crippen molar-refractivity contribution >= 4 is 17.9 Å². The molecule has 2 heterocycles. The number of aliphatic hydroxyl groups is 1. The maximum Gasteiger partial charge on any atom is 0.231 e. The molecule has 0 aromatic carbocycles. The molecule has 0 atom stereocenters. The Morgan fingerprint density at radius 1 is 1.12 bits per heavy atom.